The minimum Gasteiger partial charge on any atom is -0.273 e. The molecule has 0 atom stereocenters. The lowest BCUT2D eigenvalue weighted by Gasteiger charge is -2.01. The summed E-state index contributed by atoms with van der Waals surface area (Å²) in [6.45, 7) is 0. The molecule has 140 valence electrons. The van der Waals surface area contributed by atoms with Crippen LogP contribution in [0.2, 0.25) is 0 Å². The van der Waals surface area contributed by atoms with Crippen LogP contribution in [0.25, 0.3) is 0 Å². The number of thioether (sulfide) groups is 1. The highest BCUT2D eigenvalue weighted by molar-refractivity contribution is 7.99. The molecule has 2 aromatic carbocycles. The van der Waals surface area contributed by atoms with Crippen molar-refractivity contribution >= 4 is 36.0 Å². The number of rotatable bonds is 10. The number of hydrazone groups is 2. The van der Waals surface area contributed by atoms with E-state index < -0.39 is 0 Å². The van der Waals surface area contributed by atoms with Crippen molar-refractivity contribution in [1.29, 1.82) is 0 Å². The maximum Gasteiger partial charge on any atom is 0.240 e. The first-order valence-electron chi connectivity index (χ1n) is 8.56. The molecule has 0 heterocycles. The summed E-state index contributed by atoms with van der Waals surface area (Å²) in [6, 6.07) is 19.1. The number of hydrogen-bond donors (Lipinski definition) is 2. The maximum absolute atomic E-state index is 11.7. The van der Waals surface area contributed by atoms with Crippen LogP contribution >= 0.6 is 11.8 Å². The smallest absolute Gasteiger partial charge is 0.240 e. The van der Waals surface area contributed by atoms with Gasteiger partial charge in [0.15, 0.2) is 0 Å². The summed E-state index contributed by atoms with van der Waals surface area (Å²) < 4.78 is 0. The Balaban J connectivity index is 1.51. The van der Waals surface area contributed by atoms with Crippen molar-refractivity contribution in [1.82, 2.24) is 10.9 Å². The van der Waals surface area contributed by atoms with Gasteiger partial charge in [-0.2, -0.15) is 22.0 Å². The van der Waals surface area contributed by atoms with E-state index in [0.717, 1.165) is 11.1 Å². The first kappa shape index (κ1) is 20.4. The molecule has 27 heavy (non-hydrogen) atoms. The maximum atomic E-state index is 11.7. The number of hydrogen-bond acceptors (Lipinski definition) is 5. The molecule has 0 spiro atoms. The molecule has 6 nitrogen and oxygen atoms in total. The minimum absolute atomic E-state index is 0.147. The molecule has 0 saturated carbocycles. The van der Waals surface area contributed by atoms with Crippen molar-refractivity contribution in [3.63, 3.8) is 0 Å². The molecule has 2 N–H and O–H groups in total. The fourth-order valence-electron chi connectivity index (χ4n) is 1.98. The molecular weight excluding hydrogens is 360 g/mol. The van der Waals surface area contributed by atoms with Gasteiger partial charge in [0.1, 0.15) is 0 Å². The predicted molar refractivity (Wildman–Crippen MR) is 111 cm³/mol. The Labute approximate surface area is 163 Å². The topological polar surface area (TPSA) is 82.9 Å². The third-order valence-electron chi connectivity index (χ3n) is 3.35. The standard InChI is InChI=1S/C20H22N4O2S/c25-19(23-21-15-17-7-3-1-4-8-17)11-13-27-14-12-20(26)24-22-16-18-9-5-2-6-10-18/h1-10,15-16H,11-14H2,(H,23,25)(H,24,26)/b21-15-,22-16-. The zero-order chi connectivity index (χ0) is 19.2. The van der Waals surface area contributed by atoms with Crippen molar-refractivity contribution in [2.75, 3.05) is 11.5 Å². The van der Waals surface area contributed by atoms with E-state index in [1.54, 1.807) is 24.2 Å². The first-order chi connectivity index (χ1) is 13.2. The zero-order valence-corrected chi connectivity index (χ0v) is 15.7. The van der Waals surface area contributed by atoms with E-state index in [9.17, 15) is 9.59 Å². The van der Waals surface area contributed by atoms with Gasteiger partial charge in [0.2, 0.25) is 11.8 Å². The number of nitrogens with one attached hydrogen (secondary N) is 2. The Bertz CT molecular complexity index is 699. The molecule has 0 aromatic heterocycles. The average molecular weight is 382 g/mol. The van der Waals surface area contributed by atoms with Gasteiger partial charge in [-0.25, -0.2) is 10.9 Å². The molecule has 0 fully saturated rings. The fourth-order valence-corrected chi connectivity index (χ4v) is 2.84. The summed E-state index contributed by atoms with van der Waals surface area (Å²) in [5, 5.41) is 7.83. The molecule has 2 aromatic rings. The lowest BCUT2D eigenvalue weighted by atomic mass is 10.2. The minimum atomic E-state index is -0.147. The number of carbonyl (C=O) groups excluding carboxylic acids is 2. The highest BCUT2D eigenvalue weighted by Crippen LogP contribution is 2.04. The van der Waals surface area contributed by atoms with Gasteiger partial charge < -0.3 is 0 Å². The normalized spacial score (nSPS) is 11.0. The van der Waals surface area contributed by atoms with E-state index in [4.69, 9.17) is 0 Å². The van der Waals surface area contributed by atoms with Crippen LogP contribution in [0.3, 0.4) is 0 Å². The van der Waals surface area contributed by atoms with Crippen LogP contribution in [0.5, 0.6) is 0 Å². The van der Waals surface area contributed by atoms with Crippen LogP contribution in [0.1, 0.15) is 24.0 Å². The molecule has 0 aliphatic rings. The Morgan fingerprint density at radius 3 is 1.56 bits per heavy atom. The number of benzene rings is 2. The predicted octanol–water partition coefficient (Wildman–Crippen LogP) is 2.80. The molecular formula is C20H22N4O2S. The monoisotopic (exact) mass is 382 g/mol. The van der Waals surface area contributed by atoms with E-state index in [1.165, 1.54) is 0 Å². The lowest BCUT2D eigenvalue weighted by molar-refractivity contribution is -0.121. The number of carbonyl (C=O) groups is 2. The molecule has 0 unspecified atom stereocenters. The van der Waals surface area contributed by atoms with Gasteiger partial charge in [-0.1, -0.05) is 60.7 Å². The highest BCUT2D eigenvalue weighted by atomic mass is 32.2. The first-order valence-corrected chi connectivity index (χ1v) is 9.71. The molecule has 2 rings (SSSR count). The van der Waals surface area contributed by atoms with Gasteiger partial charge in [-0.05, 0) is 11.1 Å². The quantitative estimate of drug-likeness (QED) is 0.377. The van der Waals surface area contributed by atoms with Crippen LogP contribution in [-0.2, 0) is 9.59 Å². The summed E-state index contributed by atoms with van der Waals surface area (Å²) in [4.78, 5) is 23.3. The van der Waals surface area contributed by atoms with E-state index in [2.05, 4.69) is 21.1 Å². The highest BCUT2D eigenvalue weighted by Gasteiger charge is 2.02. The average Bonchev–Trinajstić information content (AvgIpc) is 2.69. The third kappa shape index (κ3) is 9.37. The van der Waals surface area contributed by atoms with Crippen molar-refractivity contribution in [3.8, 4) is 0 Å². The second-order valence-corrected chi connectivity index (χ2v) is 6.74. The van der Waals surface area contributed by atoms with Gasteiger partial charge in [-0.15, -0.1) is 0 Å². The third-order valence-corrected chi connectivity index (χ3v) is 4.34. The van der Waals surface area contributed by atoms with Crippen molar-refractivity contribution in [3.05, 3.63) is 71.8 Å². The largest absolute Gasteiger partial charge is 0.273 e. The molecule has 0 aliphatic heterocycles. The number of amides is 2. The van der Waals surface area contributed by atoms with E-state index in [0.29, 0.717) is 24.3 Å². The van der Waals surface area contributed by atoms with Crippen LogP contribution in [-0.4, -0.2) is 35.7 Å². The summed E-state index contributed by atoms with van der Waals surface area (Å²) in [7, 11) is 0. The van der Waals surface area contributed by atoms with Crippen molar-refractivity contribution in [2.24, 2.45) is 10.2 Å². The second kappa shape index (κ2) is 12.4. The summed E-state index contributed by atoms with van der Waals surface area (Å²) in [5.41, 5.74) is 6.83. The summed E-state index contributed by atoms with van der Waals surface area (Å²) in [6.07, 6.45) is 3.91. The van der Waals surface area contributed by atoms with Crippen LogP contribution in [0, 0.1) is 0 Å². The number of nitrogens with zero attached hydrogens (tertiary/aromatic N) is 2. The SMILES string of the molecule is O=C(CCSCCC(=O)N/N=C\c1ccccc1)N/N=C\c1ccccc1. The van der Waals surface area contributed by atoms with Crippen LogP contribution in [0.15, 0.2) is 70.9 Å². The molecule has 7 heteroatoms. The zero-order valence-electron chi connectivity index (χ0n) is 14.9. The lowest BCUT2D eigenvalue weighted by Crippen LogP contribution is -2.19. The van der Waals surface area contributed by atoms with Gasteiger partial charge in [0, 0.05) is 24.3 Å². The summed E-state index contributed by atoms with van der Waals surface area (Å²) >= 11 is 1.54. The fraction of sp³-hybridized carbons (Fsp3) is 0.200. The van der Waals surface area contributed by atoms with E-state index >= 15 is 0 Å². The molecule has 0 saturated heterocycles. The second-order valence-electron chi connectivity index (χ2n) is 5.52. The Morgan fingerprint density at radius 2 is 1.15 bits per heavy atom. The van der Waals surface area contributed by atoms with Crippen LogP contribution < -0.4 is 10.9 Å². The van der Waals surface area contributed by atoms with Gasteiger partial charge in [0.25, 0.3) is 0 Å². The molecule has 0 bridgehead atoms. The molecule has 0 aliphatic carbocycles. The van der Waals surface area contributed by atoms with Crippen molar-refractivity contribution in [2.45, 2.75) is 12.8 Å². The van der Waals surface area contributed by atoms with Crippen molar-refractivity contribution < 1.29 is 9.59 Å². The molecule has 0 radical (unpaired) electrons. The summed E-state index contributed by atoms with van der Waals surface area (Å²) in [5.74, 6) is 0.971. The Morgan fingerprint density at radius 1 is 0.741 bits per heavy atom. The van der Waals surface area contributed by atoms with Gasteiger partial charge in [0.05, 0.1) is 12.4 Å². The van der Waals surface area contributed by atoms with E-state index in [1.807, 2.05) is 60.7 Å². The van der Waals surface area contributed by atoms with Gasteiger partial charge >= 0.3 is 0 Å². The van der Waals surface area contributed by atoms with Crippen LogP contribution in [0.4, 0.5) is 0 Å². The van der Waals surface area contributed by atoms with Gasteiger partial charge in [-0.3, -0.25) is 9.59 Å². The molecule has 2 amide bonds. The Hall–Kier alpha value is -2.93. The van der Waals surface area contributed by atoms with E-state index in [-0.39, 0.29) is 11.8 Å². The Kier molecular flexibility index (Phi) is 9.38.